The highest BCUT2D eigenvalue weighted by atomic mass is 32.2. The third-order valence-corrected chi connectivity index (χ3v) is 5.10. The molecule has 0 unspecified atom stereocenters. The van der Waals surface area contributed by atoms with Gasteiger partial charge in [-0.15, -0.1) is 0 Å². The molecular formula is C17H16FN5OS. The molecule has 0 saturated heterocycles. The smallest absolute Gasteiger partial charge is 0.233 e. The van der Waals surface area contributed by atoms with E-state index in [-0.39, 0.29) is 17.0 Å². The molecule has 1 aromatic carbocycles. The molecule has 2 heterocycles. The lowest BCUT2D eigenvalue weighted by atomic mass is 10.3. The van der Waals surface area contributed by atoms with Crippen LogP contribution in [0.4, 0.5) is 4.39 Å². The Balaban J connectivity index is 1.62. The van der Waals surface area contributed by atoms with Gasteiger partial charge in [-0.2, -0.15) is 5.10 Å². The van der Waals surface area contributed by atoms with Gasteiger partial charge in [-0.25, -0.2) is 19.0 Å². The Labute approximate surface area is 147 Å². The van der Waals surface area contributed by atoms with Gasteiger partial charge in [0.25, 0.3) is 0 Å². The lowest BCUT2D eigenvalue weighted by Gasteiger charge is -2.11. The minimum absolute atomic E-state index is 0.0187. The van der Waals surface area contributed by atoms with Gasteiger partial charge in [0.15, 0.2) is 5.65 Å². The van der Waals surface area contributed by atoms with Crippen molar-refractivity contribution < 1.29 is 9.18 Å². The van der Waals surface area contributed by atoms with E-state index >= 15 is 0 Å². The molecular weight excluding hydrogens is 341 g/mol. The van der Waals surface area contributed by atoms with E-state index in [1.807, 2.05) is 6.92 Å². The number of rotatable bonds is 5. The molecule has 25 heavy (non-hydrogen) atoms. The summed E-state index contributed by atoms with van der Waals surface area (Å²) in [7, 11) is 0. The number of benzene rings is 1. The van der Waals surface area contributed by atoms with Gasteiger partial charge in [0.05, 0.1) is 22.5 Å². The molecule has 0 spiro atoms. The number of thioether (sulfide) groups is 1. The number of fused-ring (bicyclic) bond motifs is 1. The number of carbonyl (C=O) groups excluding carboxylic acids is 1. The van der Waals surface area contributed by atoms with Crippen molar-refractivity contribution in [3.63, 3.8) is 0 Å². The van der Waals surface area contributed by atoms with Crippen molar-refractivity contribution in [1.29, 1.82) is 0 Å². The van der Waals surface area contributed by atoms with Crippen LogP contribution >= 0.6 is 11.8 Å². The van der Waals surface area contributed by atoms with Gasteiger partial charge in [0.1, 0.15) is 17.2 Å². The molecule has 128 valence electrons. The number of hydrogen-bond donors (Lipinski definition) is 1. The first kappa shape index (κ1) is 16.0. The average Bonchev–Trinajstić information content (AvgIpc) is 3.31. The van der Waals surface area contributed by atoms with Gasteiger partial charge in [-0.3, -0.25) is 4.79 Å². The second kappa shape index (κ2) is 6.44. The first-order valence-corrected chi connectivity index (χ1v) is 8.91. The molecule has 1 amide bonds. The SMILES string of the molecule is C[C@@H](Sc1ncnc2c1cnn2-c1ccc(F)cc1)C(=O)NC1CC1. The quantitative estimate of drug-likeness (QED) is 0.561. The third-order valence-electron chi connectivity index (χ3n) is 3.98. The fraction of sp³-hybridized carbons (Fsp3) is 0.294. The zero-order chi connectivity index (χ0) is 17.4. The molecule has 0 aliphatic heterocycles. The standard InChI is InChI=1S/C17H16FN5OS/c1-10(16(24)22-12-4-5-12)25-17-14-8-21-23(15(14)19-9-20-17)13-6-2-11(18)3-7-13/h2-3,6-10,12H,4-5H2,1H3,(H,22,24)/t10-/m1/s1. The molecule has 1 N–H and O–H groups in total. The summed E-state index contributed by atoms with van der Waals surface area (Å²) in [5, 5.41) is 8.56. The number of nitrogens with zero attached hydrogens (tertiary/aromatic N) is 4. The first-order valence-electron chi connectivity index (χ1n) is 8.03. The number of carbonyl (C=O) groups is 1. The van der Waals surface area contributed by atoms with Crippen molar-refractivity contribution in [1.82, 2.24) is 25.1 Å². The van der Waals surface area contributed by atoms with Crippen LogP contribution < -0.4 is 5.32 Å². The van der Waals surface area contributed by atoms with E-state index in [0.717, 1.165) is 18.2 Å². The zero-order valence-electron chi connectivity index (χ0n) is 13.5. The summed E-state index contributed by atoms with van der Waals surface area (Å²) in [6.07, 6.45) is 5.25. The summed E-state index contributed by atoms with van der Waals surface area (Å²) in [6, 6.07) is 6.38. The lowest BCUT2D eigenvalue weighted by molar-refractivity contribution is -0.120. The highest BCUT2D eigenvalue weighted by molar-refractivity contribution is 8.00. The number of halogens is 1. The highest BCUT2D eigenvalue weighted by Gasteiger charge is 2.26. The summed E-state index contributed by atoms with van der Waals surface area (Å²) >= 11 is 1.39. The molecule has 6 nitrogen and oxygen atoms in total. The van der Waals surface area contributed by atoms with Crippen LogP contribution in [0, 0.1) is 5.82 Å². The minimum Gasteiger partial charge on any atom is -0.352 e. The molecule has 8 heteroatoms. The fourth-order valence-electron chi connectivity index (χ4n) is 2.45. The van der Waals surface area contributed by atoms with Crippen LogP contribution in [0.2, 0.25) is 0 Å². The summed E-state index contributed by atoms with van der Waals surface area (Å²) < 4.78 is 14.8. The van der Waals surface area contributed by atoms with Crippen molar-refractivity contribution in [2.75, 3.05) is 0 Å². The van der Waals surface area contributed by atoms with Crippen molar-refractivity contribution in [2.24, 2.45) is 0 Å². The molecule has 1 saturated carbocycles. The Kier molecular flexibility index (Phi) is 4.12. The van der Waals surface area contributed by atoms with Crippen LogP contribution in [-0.4, -0.2) is 36.9 Å². The maximum Gasteiger partial charge on any atom is 0.233 e. The number of aromatic nitrogens is 4. The van der Waals surface area contributed by atoms with Crippen molar-refractivity contribution >= 4 is 28.7 Å². The molecule has 1 atom stereocenters. The van der Waals surface area contributed by atoms with E-state index in [1.165, 1.54) is 30.2 Å². The van der Waals surface area contributed by atoms with E-state index in [2.05, 4.69) is 20.4 Å². The van der Waals surface area contributed by atoms with Crippen molar-refractivity contribution in [2.45, 2.75) is 36.1 Å². The lowest BCUT2D eigenvalue weighted by Crippen LogP contribution is -2.32. The highest BCUT2D eigenvalue weighted by Crippen LogP contribution is 2.29. The van der Waals surface area contributed by atoms with Crippen LogP contribution in [0.3, 0.4) is 0 Å². The zero-order valence-corrected chi connectivity index (χ0v) is 14.3. The molecule has 4 rings (SSSR count). The molecule has 1 aliphatic rings. The average molecular weight is 357 g/mol. The monoisotopic (exact) mass is 357 g/mol. The molecule has 0 bridgehead atoms. The van der Waals surface area contributed by atoms with Gasteiger partial charge in [-0.05, 0) is 44.0 Å². The van der Waals surface area contributed by atoms with Gasteiger partial charge in [0.2, 0.25) is 5.91 Å². The molecule has 3 aromatic rings. The van der Waals surface area contributed by atoms with Crippen LogP contribution in [0.1, 0.15) is 19.8 Å². The molecule has 1 fully saturated rings. The van der Waals surface area contributed by atoms with Gasteiger partial charge in [0, 0.05) is 6.04 Å². The molecule has 0 radical (unpaired) electrons. The van der Waals surface area contributed by atoms with Crippen LogP contribution in [0.5, 0.6) is 0 Å². The van der Waals surface area contributed by atoms with Gasteiger partial charge < -0.3 is 5.32 Å². The Hall–Kier alpha value is -2.48. The maximum absolute atomic E-state index is 13.1. The number of amides is 1. The summed E-state index contributed by atoms with van der Waals surface area (Å²) in [5.41, 5.74) is 1.34. The maximum atomic E-state index is 13.1. The number of nitrogens with one attached hydrogen (secondary N) is 1. The van der Waals surface area contributed by atoms with Gasteiger partial charge >= 0.3 is 0 Å². The van der Waals surface area contributed by atoms with E-state index in [1.54, 1.807) is 23.0 Å². The van der Waals surface area contributed by atoms with E-state index in [4.69, 9.17) is 0 Å². The fourth-order valence-corrected chi connectivity index (χ4v) is 3.34. The largest absolute Gasteiger partial charge is 0.352 e. The third kappa shape index (κ3) is 3.34. The Morgan fingerprint density at radius 2 is 2.08 bits per heavy atom. The Morgan fingerprint density at radius 1 is 1.32 bits per heavy atom. The summed E-state index contributed by atoms with van der Waals surface area (Å²) in [5.74, 6) is -0.285. The second-order valence-electron chi connectivity index (χ2n) is 5.99. The van der Waals surface area contributed by atoms with Crippen LogP contribution in [-0.2, 0) is 4.79 Å². The predicted octanol–water partition coefficient (Wildman–Crippen LogP) is 2.71. The summed E-state index contributed by atoms with van der Waals surface area (Å²) in [6.45, 7) is 1.86. The van der Waals surface area contributed by atoms with Crippen molar-refractivity contribution in [3.05, 3.63) is 42.6 Å². The van der Waals surface area contributed by atoms with Crippen LogP contribution in [0.25, 0.3) is 16.7 Å². The second-order valence-corrected chi connectivity index (χ2v) is 7.32. The molecule has 1 aliphatic carbocycles. The van der Waals surface area contributed by atoms with E-state index in [0.29, 0.717) is 22.4 Å². The first-order chi connectivity index (χ1) is 12.1. The predicted molar refractivity (Wildman–Crippen MR) is 93.1 cm³/mol. The summed E-state index contributed by atoms with van der Waals surface area (Å²) in [4.78, 5) is 20.8. The Bertz CT molecular complexity index is 922. The van der Waals surface area contributed by atoms with Crippen LogP contribution in [0.15, 0.2) is 41.8 Å². The van der Waals surface area contributed by atoms with Gasteiger partial charge in [-0.1, -0.05) is 11.8 Å². The topological polar surface area (TPSA) is 72.7 Å². The number of hydrogen-bond acceptors (Lipinski definition) is 5. The molecule has 2 aromatic heterocycles. The van der Waals surface area contributed by atoms with E-state index in [9.17, 15) is 9.18 Å². The minimum atomic E-state index is -0.304. The van der Waals surface area contributed by atoms with Crippen molar-refractivity contribution in [3.8, 4) is 5.69 Å². The Morgan fingerprint density at radius 3 is 2.80 bits per heavy atom. The normalized spacial score (nSPS) is 15.3. The van der Waals surface area contributed by atoms with E-state index < -0.39 is 0 Å².